The van der Waals surface area contributed by atoms with Crippen LogP contribution in [0, 0.1) is 6.92 Å². The van der Waals surface area contributed by atoms with E-state index in [1.54, 1.807) is 7.11 Å². The molecule has 0 saturated carbocycles. The van der Waals surface area contributed by atoms with Crippen molar-refractivity contribution in [1.82, 2.24) is 19.2 Å². The fourth-order valence-corrected chi connectivity index (χ4v) is 5.44. The molecule has 2 aliphatic rings. The topological polar surface area (TPSA) is 68.5 Å². The van der Waals surface area contributed by atoms with Gasteiger partial charge < -0.3 is 23.5 Å². The lowest BCUT2D eigenvalue weighted by Crippen LogP contribution is -2.48. The highest BCUT2D eigenvalue weighted by atomic mass is 16.7. The van der Waals surface area contributed by atoms with Crippen LogP contribution in [0.5, 0.6) is 17.2 Å². The van der Waals surface area contributed by atoms with E-state index in [0.717, 1.165) is 59.4 Å². The van der Waals surface area contributed by atoms with E-state index in [9.17, 15) is 4.79 Å². The Hall–Kier alpha value is -4.04. The van der Waals surface area contributed by atoms with Crippen LogP contribution in [0.15, 0.2) is 67.0 Å². The Bertz CT molecular complexity index is 1460. The van der Waals surface area contributed by atoms with Crippen LogP contribution in [0.25, 0.3) is 5.65 Å². The lowest BCUT2D eigenvalue weighted by molar-refractivity contribution is -0.133. The molecule has 8 heteroatoms. The molecule has 0 unspecified atom stereocenters. The van der Waals surface area contributed by atoms with E-state index in [0.29, 0.717) is 19.5 Å². The summed E-state index contributed by atoms with van der Waals surface area (Å²) in [6, 6.07) is 18.2. The second-order valence-electron chi connectivity index (χ2n) is 9.95. The average molecular weight is 513 g/mol. The van der Waals surface area contributed by atoms with Gasteiger partial charge in [0, 0.05) is 57.5 Å². The minimum absolute atomic E-state index is 0.138. The average Bonchev–Trinajstić information content (AvgIpc) is 3.60. The number of nitrogens with zero attached hydrogens (tertiary/aromatic N) is 4. The van der Waals surface area contributed by atoms with Gasteiger partial charge in [-0.25, -0.2) is 4.98 Å². The van der Waals surface area contributed by atoms with Crippen molar-refractivity contribution in [3.63, 3.8) is 0 Å². The molecule has 0 spiro atoms. The predicted octanol–water partition coefficient (Wildman–Crippen LogP) is 4.25. The van der Waals surface area contributed by atoms with Gasteiger partial charge in [0.05, 0.1) is 12.8 Å². The lowest BCUT2D eigenvalue weighted by Gasteiger charge is -2.35. The number of methoxy groups -OCH3 is 1. The molecule has 1 atom stereocenters. The zero-order valence-corrected chi connectivity index (χ0v) is 21.8. The molecule has 1 amide bonds. The lowest BCUT2D eigenvalue weighted by atomic mass is 9.91. The number of rotatable bonds is 7. The summed E-state index contributed by atoms with van der Waals surface area (Å²) in [4.78, 5) is 22.7. The third kappa shape index (κ3) is 4.79. The van der Waals surface area contributed by atoms with E-state index in [4.69, 9.17) is 14.2 Å². The van der Waals surface area contributed by atoms with Crippen LogP contribution in [0.4, 0.5) is 0 Å². The minimum Gasteiger partial charge on any atom is -0.497 e. The van der Waals surface area contributed by atoms with Crippen LogP contribution in [-0.2, 0) is 11.3 Å². The van der Waals surface area contributed by atoms with Gasteiger partial charge in [0.15, 0.2) is 11.5 Å². The van der Waals surface area contributed by atoms with Gasteiger partial charge in [0.25, 0.3) is 0 Å². The summed E-state index contributed by atoms with van der Waals surface area (Å²) >= 11 is 0. The Balaban J connectivity index is 1.17. The largest absolute Gasteiger partial charge is 0.497 e. The molecule has 1 saturated heterocycles. The van der Waals surface area contributed by atoms with Crippen molar-refractivity contribution in [3.8, 4) is 17.2 Å². The highest BCUT2D eigenvalue weighted by molar-refractivity contribution is 5.78. The molecule has 0 bridgehead atoms. The first-order chi connectivity index (χ1) is 18.6. The second kappa shape index (κ2) is 10.4. The van der Waals surface area contributed by atoms with Crippen LogP contribution < -0.4 is 14.2 Å². The third-order valence-corrected chi connectivity index (χ3v) is 7.56. The number of fused-ring (bicyclic) bond motifs is 2. The van der Waals surface area contributed by atoms with Crippen LogP contribution >= 0.6 is 0 Å². The molecule has 4 heterocycles. The molecular formula is C30H32N4O4. The summed E-state index contributed by atoms with van der Waals surface area (Å²) in [6.07, 6.45) is 4.30. The summed E-state index contributed by atoms with van der Waals surface area (Å²) < 4.78 is 18.5. The Labute approximate surface area is 222 Å². The molecule has 2 aromatic heterocycles. The highest BCUT2D eigenvalue weighted by Gasteiger charge is 2.28. The third-order valence-electron chi connectivity index (χ3n) is 7.56. The maximum absolute atomic E-state index is 13.6. The van der Waals surface area contributed by atoms with Gasteiger partial charge in [-0.1, -0.05) is 24.3 Å². The molecule has 1 fully saturated rings. The first-order valence-electron chi connectivity index (χ1n) is 13.0. The molecular weight excluding hydrogens is 480 g/mol. The summed E-state index contributed by atoms with van der Waals surface area (Å²) in [5, 5.41) is 0. The number of hydrogen-bond acceptors (Lipinski definition) is 6. The minimum atomic E-state index is -0.138. The molecule has 0 radical (unpaired) electrons. The zero-order chi connectivity index (χ0) is 26.1. The van der Waals surface area contributed by atoms with Crippen LogP contribution in [0.1, 0.15) is 34.7 Å². The summed E-state index contributed by atoms with van der Waals surface area (Å²) in [6.45, 7) is 6.25. The Morgan fingerprint density at radius 3 is 2.71 bits per heavy atom. The maximum Gasteiger partial charge on any atom is 0.231 e. The molecule has 8 nitrogen and oxygen atoms in total. The van der Waals surface area contributed by atoms with Gasteiger partial charge in [-0.05, 0) is 53.9 Å². The van der Waals surface area contributed by atoms with Crippen molar-refractivity contribution in [2.24, 2.45) is 0 Å². The fraction of sp³-hybridized carbons (Fsp3) is 0.333. The van der Waals surface area contributed by atoms with Crippen molar-refractivity contribution in [3.05, 3.63) is 89.4 Å². The van der Waals surface area contributed by atoms with Gasteiger partial charge >= 0.3 is 0 Å². The van der Waals surface area contributed by atoms with Gasteiger partial charge in [0.1, 0.15) is 11.4 Å². The fourth-order valence-electron chi connectivity index (χ4n) is 5.44. The number of carbonyl (C=O) groups is 1. The van der Waals surface area contributed by atoms with E-state index in [1.165, 1.54) is 5.56 Å². The Kier molecular flexibility index (Phi) is 6.64. The van der Waals surface area contributed by atoms with Gasteiger partial charge in [-0.3, -0.25) is 9.69 Å². The number of piperazine rings is 1. The highest BCUT2D eigenvalue weighted by Crippen LogP contribution is 2.34. The molecule has 2 aromatic carbocycles. The van der Waals surface area contributed by atoms with E-state index in [-0.39, 0.29) is 18.6 Å². The van der Waals surface area contributed by atoms with Crippen LogP contribution in [-0.4, -0.2) is 65.2 Å². The van der Waals surface area contributed by atoms with Gasteiger partial charge in [0.2, 0.25) is 12.7 Å². The van der Waals surface area contributed by atoms with E-state index in [1.807, 2.05) is 47.6 Å². The Morgan fingerprint density at radius 1 is 1.03 bits per heavy atom. The van der Waals surface area contributed by atoms with E-state index < -0.39 is 0 Å². The molecule has 0 aliphatic carbocycles. The number of aryl methyl sites for hydroxylation is 1. The monoisotopic (exact) mass is 512 g/mol. The summed E-state index contributed by atoms with van der Waals surface area (Å²) in [5.74, 6) is 2.41. The summed E-state index contributed by atoms with van der Waals surface area (Å²) in [7, 11) is 1.67. The Morgan fingerprint density at radius 2 is 1.87 bits per heavy atom. The van der Waals surface area contributed by atoms with Crippen molar-refractivity contribution in [1.29, 1.82) is 0 Å². The number of ether oxygens (including phenoxy) is 3. The second-order valence-corrected chi connectivity index (χ2v) is 9.95. The number of aromatic nitrogens is 2. The molecule has 38 heavy (non-hydrogen) atoms. The standard InChI is InChI=1S/C30H32N4O4/c1-21-5-4-10-34-26(18-31-30(21)34)25(23-6-3-7-24(16-23)36-2)17-29(35)33-13-11-32(12-14-33)19-22-8-9-27-28(15-22)38-20-37-27/h3-10,15-16,18,25H,11-14,17,19-20H2,1-2H3/t25-/m0/s1. The van der Waals surface area contributed by atoms with Crippen LogP contribution in [0.3, 0.4) is 0 Å². The molecule has 0 N–H and O–H groups in total. The smallest absolute Gasteiger partial charge is 0.231 e. The molecule has 4 aromatic rings. The molecule has 6 rings (SSSR count). The van der Waals surface area contributed by atoms with Crippen molar-refractivity contribution < 1.29 is 19.0 Å². The number of pyridine rings is 1. The predicted molar refractivity (Wildman–Crippen MR) is 144 cm³/mol. The number of amides is 1. The SMILES string of the molecule is COc1cccc([C@H](CC(=O)N2CCN(Cc3ccc4c(c3)OCO4)CC2)c2cnc3c(C)cccn23)c1. The molecule has 2 aliphatic heterocycles. The van der Waals surface area contributed by atoms with Gasteiger partial charge in [-0.15, -0.1) is 0 Å². The number of hydrogen-bond donors (Lipinski definition) is 0. The maximum atomic E-state index is 13.6. The number of benzene rings is 2. The zero-order valence-electron chi connectivity index (χ0n) is 21.8. The van der Waals surface area contributed by atoms with Gasteiger partial charge in [-0.2, -0.15) is 0 Å². The first kappa shape index (κ1) is 24.3. The summed E-state index contributed by atoms with van der Waals surface area (Å²) in [5.41, 5.74) is 5.26. The molecule has 196 valence electrons. The van der Waals surface area contributed by atoms with Crippen molar-refractivity contribution in [2.45, 2.75) is 25.8 Å². The number of imidazole rings is 1. The van der Waals surface area contributed by atoms with Crippen molar-refractivity contribution in [2.75, 3.05) is 40.1 Å². The van der Waals surface area contributed by atoms with Crippen molar-refractivity contribution >= 4 is 11.6 Å². The first-order valence-corrected chi connectivity index (χ1v) is 13.0. The number of carbonyl (C=O) groups excluding carboxylic acids is 1. The normalized spacial score (nSPS) is 16.1. The van der Waals surface area contributed by atoms with Crippen LogP contribution in [0.2, 0.25) is 0 Å². The van der Waals surface area contributed by atoms with E-state index >= 15 is 0 Å². The van der Waals surface area contributed by atoms with E-state index in [2.05, 4.69) is 45.5 Å². The quantitative estimate of drug-likeness (QED) is 0.369.